The molecule has 7 N–H and O–H groups in total. The first kappa shape index (κ1) is 20.9. The number of aromatic amines is 1. The number of nitrogens with two attached hydrogens (primary N) is 2. The summed E-state index contributed by atoms with van der Waals surface area (Å²) in [5.74, 6) is -0.251. The van der Waals surface area contributed by atoms with Crippen molar-refractivity contribution >= 4 is 12.1 Å². The number of alkyl carbamates (subject to hydrolysis) is 1. The molecule has 0 radical (unpaired) electrons. The molecular formula is C14H27N5O4. The zero-order chi connectivity index (χ0) is 17.9. The van der Waals surface area contributed by atoms with Crippen LogP contribution in [0, 0.1) is 0 Å². The van der Waals surface area contributed by atoms with Gasteiger partial charge < -0.3 is 31.6 Å². The van der Waals surface area contributed by atoms with Crippen LogP contribution in [0.15, 0.2) is 12.4 Å². The summed E-state index contributed by atoms with van der Waals surface area (Å²) in [6, 6.07) is -0.742. The summed E-state index contributed by atoms with van der Waals surface area (Å²) >= 11 is 0. The van der Waals surface area contributed by atoms with Gasteiger partial charge in [0.15, 0.2) is 0 Å². The van der Waals surface area contributed by atoms with Gasteiger partial charge in [0.2, 0.25) is 0 Å². The van der Waals surface area contributed by atoms with E-state index in [9.17, 15) is 9.59 Å². The molecule has 1 heterocycles. The lowest BCUT2D eigenvalue weighted by molar-refractivity contribution is -0.138. The number of hydrogen-bond acceptors (Lipinski definition) is 6. The van der Waals surface area contributed by atoms with Gasteiger partial charge in [-0.2, -0.15) is 0 Å². The number of aliphatic carboxylic acids is 1. The first-order valence-corrected chi connectivity index (χ1v) is 7.29. The smallest absolute Gasteiger partial charge is 0.408 e. The second-order valence-electron chi connectivity index (χ2n) is 5.77. The number of carbonyl (C=O) groups is 2. The lowest BCUT2D eigenvalue weighted by Crippen LogP contribution is -2.32. The van der Waals surface area contributed by atoms with Crippen LogP contribution >= 0.6 is 0 Å². The van der Waals surface area contributed by atoms with E-state index in [1.807, 2.05) is 20.8 Å². The molecule has 0 aliphatic rings. The maximum atomic E-state index is 11.2. The maximum absolute atomic E-state index is 11.2. The predicted molar refractivity (Wildman–Crippen MR) is 85.6 cm³/mol. The van der Waals surface area contributed by atoms with Crippen molar-refractivity contribution in [2.24, 2.45) is 11.5 Å². The standard InChI is InChI=1S/C9H15N3O2.C5H12N2O2/c1-9(2,3)14-8(13)12-6-7-10-4-5-11-7;6-3-1-2-4(7)5(8)9/h4-5H,6H2,1-3H3,(H,10,11)(H,12,13);4H,1-3,6-7H2,(H,8,9)/t;4-/m.0/s1. The summed E-state index contributed by atoms with van der Waals surface area (Å²) < 4.78 is 5.04. The quantitative estimate of drug-likeness (QED) is 0.510. The number of carbonyl (C=O) groups excluding carboxylic acids is 1. The molecule has 1 aromatic rings. The Morgan fingerprint density at radius 2 is 2.13 bits per heavy atom. The summed E-state index contributed by atoms with van der Waals surface area (Å²) in [4.78, 5) is 28.1. The molecule has 0 bridgehead atoms. The summed E-state index contributed by atoms with van der Waals surface area (Å²) in [5, 5.41) is 10.8. The Morgan fingerprint density at radius 3 is 2.57 bits per heavy atom. The van der Waals surface area contributed by atoms with Crippen molar-refractivity contribution < 1.29 is 19.4 Å². The number of rotatable bonds is 6. The summed E-state index contributed by atoms with van der Waals surface area (Å²) in [6.45, 7) is 6.31. The third-order valence-electron chi connectivity index (χ3n) is 2.39. The van der Waals surface area contributed by atoms with Gasteiger partial charge in [0, 0.05) is 12.4 Å². The fourth-order valence-electron chi connectivity index (χ4n) is 1.33. The van der Waals surface area contributed by atoms with E-state index in [4.69, 9.17) is 21.3 Å². The number of H-pyrrole nitrogens is 1. The zero-order valence-electron chi connectivity index (χ0n) is 13.8. The minimum atomic E-state index is -0.955. The normalized spacial score (nSPS) is 11.9. The molecule has 9 nitrogen and oxygen atoms in total. The summed E-state index contributed by atoms with van der Waals surface area (Å²) in [7, 11) is 0. The first-order valence-electron chi connectivity index (χ1n) is 7.29. The second kappa shape index (κ2) is 10.6. The van der Waals surface area contributed by atoms with E-state index in [2.05, 4.69) is 15.3 Å². The van der Waals surface area contributed by atoms with Crippen LogP contribution in [0.5, 0.6) is 0 Å². The molecule has 0 saturated heterocycles. The SMILES string of the molecule is CC(C)(C)OC(=O)NCc1ncc[nH]1.NCCC[C@H](N)C(=O)O. The summed E-state index contributed by atoms with van der Waals surface area (Å²) in [5.41, 5.74) is 9.81. The van der Waals surface area contributed by atoms with Crippen LogP contribution in [0.1, 0.15) is 39.4 Å². The van der Waals surface area contributed by atoms with Gasteiger partial charge in [0.25, 0.3) is 0 Å². The average molecular weight is 329 g/mol. The second-order valence-corrected chi connectivity index (χ2v) is 5.77. The molecule has 0 aliphatic carbocycles. The monoisotopic (exact) mass is 329 g/mol. The fourth-order valence-corrected chi connectivity index (χ4v) is 1.33. The Bertz CT molecular complexity index is 456. The van der Waals surface area contributed by atoms with Crippen molar-refractivity contribution in [1.29, 1.82) is 0 Å². The Kier molecular flexibility index (Phi) is 9.59. The summed E-state index contributed by atoms with van der Waals surface area (Å²) in [6.07, 6.45) is 4.03. The van der Waals surface area contributed by atoms with Gasteiger partial charge in [-0.3, -0.25) is 4.79 Å². The molecular weight excluding hydrogens is 302 g/mol. The molecule has 0 aromatic carbocycles. The van der Waals surface area contributed by atoms with Gasteiger partial charge in [-0.05, 0) is 40.2 Å². The number of aromatic nitrogens is 2. The van der Waals surface area contributed by atoms with Crippen molar-refractivity contribution in [2.75, 3.05) is 6.54 Å². The van der Waals surface area contributed by atoms with Crippen LogP contribution in [0.4, 0.5) is 4.79 Å². The maximum Gasteiger partial charge on any atom is 0.408 e. The predicted octanol–water partition coefficient (Wildman–Crippen LogP) is 0.572. The molecule has 0 spiro atoms. The minimum absolute atomic E-state index is 0.349. The number of nitrogens with one attached hydrogen (secondary N) is 2. The van der Waals surface area contributed by atoms with Crippen LogP contribution in [0.25, 0.3) is 0 Å². The van der Waals surface area contributed by atoms with E-state index in [1.54, 1.807) is 12.4 Å². The number of nitrogens with zero attached hydrogens (tertiary/aromatic N) is 1. The molecule has 1 atom stereocenters. The lowest BCUT2D eigenvalue weighted by Gasteiger charge is -2.19. The number of imidazole rings is 1. The lowest BCUT2D eigenvalue weighted by atomic mass is 10.2. The molecule has 1 aromatic heterocycles. The van der Waals surface area contributed by atoms with Gasteiger partial charge >= 0.3 is 12.1 Å². The number of ether oxygens (including phenoxy) is 1. The van der Waals surface area contributed by atoms with Gasteiger partial charge in [-0.15, -0.1) is 0 Å². The third kappa shape index (κ3) is 12.1. The highest BCUT2D eigenvalue weighted by molar-refractivity contribution is 5.72. The highest BCUT2D eigenvalue weighted by Gasteiger charge is 2.15. The van der Waals surface area contributed by atoms with E-state index >= 15 is 0 Å². The molecule has 1 amide bonds. The number of carboxylic acids is 1. The Hall–Kier alpha value is -2.13. The Morgan fingerprint density at radius 1 is 1.48 bits per heavy atom. The first-order chi connectivity index (χ1) is 10.7. The van der Waals surface area contributed by atoms with Crippen molar-refractivity contribution in [3.8, 4) is 0 Å². The molecule has 9 heteroatoms. The van der Waals surface area contributed by atoms with Gasteiger partial charge in [-0.1, -0.05) is 0 Å². The topological polar surface area (TPSA) is 156 Å². The Labute approximate surface area is 135 Å². The van der Waals surface area contributed by atoms with Crippen molar-refractivity contribution in [3.05, 3.63) is 18.2 Å². The molecule has 0 unspecified atom stereocenters. The molecule has 0 fully saturated rings. The molecule has 1 rings (SSSR count). The zero-order valence-corrected chi connectivity index (χ0v) is 13.8. The van der Waals surface area contributed by atoms with Crippen LogP contribution in [-0.2, 0) is 16.1 Å². The fraction of sp³-hybridized carbons (Fsp3) is 0.643. The van der Waals surface area contributed by atoms with E-state index in [0.717, 1.165) is 0 Å². The average Bonchev–Trinajstić information content (AvgIpc) is 2.94. The molecule has 0 aliphatic heterocycles. The van der Waals surface area contributed by atoms with Gasteiger partial charge in [0.05, 0.1) is 6.54 Å². The van der Waals surface area contributed by atoms with Crippen LogP contribution < -0.4 is 16.8 Å². The van der Waals surface area contributed by atoms with E-state index in [0.29, 0.717) is 31.8 Å². The molecule has 23 heavy (non-hydrogen) atoms. The Balaban J connectivity index is 0.000000468. The molecule has 0 saturated carbocycles. The number of amides is 1. The van der Waals surface area contributed by atoms with Crippen LogP contribution in [0.3, 0.4) is 0 Å². The third-order valence-corrected chi connectivity index (χ3v) is 2.39. The van der Waals surface area contributed by atoms with Crippen LogP contribution in [-0.4, -0.2) is 45.3 Å². The highest BCUT2D eigenvalue weighted by Crippen LogP contribution is 2.06. The van der Waals surface area contributed by atoms with E-state index in [-0.39, 0.29) is 0 Å². The molecule has 132 valence electrons. The highest BCUT2D eigenvalue weighted by atomic mass is 16.6. The van der Waals surface area contributed by atoms with E-state index < -0.39 is 23.7 Å². The van der Waals surface area contributed by atoms with Crippen molar-refractivity contribution in [3.63, 3.8) is 0 Å². The largest absolute Gasteiger partial charge is 0.480 e. The van der Waals surface area contributed by atoms with Gasteiger partial charge in [0.1, 0.15) is 17.5 Å². The minimum Gasteiger partial charge on any atom is -0.480 e. The van der Waals surface area contributed by atoms with Crippen LogP contribution in [0.2, 0.25) is 0 Å². The van der Waals surface area contributed by atoms with E-state index in [1.165, 1.54) is 0 Å². The van der Waals surface area contributed by atoms with Crippen molar-refractivity contribution in [2.45, 2.75) is 51.8 Å². The van der Waals surface area contributed by atoms with Crippen molar-refractivity contribution in [1.82, 2.24) is 15.3 Å². The number of carboxylic acid groups (broad SMARTS) is 1. The van der Waals surface area contributed by atoms with Gasteiger partial charge in [-0.25, -0.2) is 9.78 Å². The number of hydrogen-bond donors (Lipinski definition) is 5.